The van der Waals surface area contributed by atoms with Crippen molar-refractivity contribution in [3.63, 3.8) is 0 Å². The number of rotatable bonds is 6. The van der Waals surface area contributed by atoms with Crippen LogP contribution in [-0.2, 0) is 6.54 Å². The molecule has 1 aliphatic carbocycles. The first-order valence-electron chi connectivity index (χ1n) is 9.68. The van der Waals surface area contributed by atoms with Crippen molar-refractivity contribution in [2.75, 3.05) is 6.54 Å². The highest BCUT2D eigenvalue weighted by Gasteiger charge is 2.44. The first-order valence-corrected chi connectivity index (χ1v) is 9.68. The van der Waals surface area contributed by atoms with Crippen molar-refractivity contribution in [2.24, 2.45) is 28.3 Å². The highest BCUT2D eigenvalue weighted by molar-refractivity contribution is 5.83. The van der Waals surface area contributed by atoms with Crippen molar-refractivity contribution >= 4 is 5.96 Å². The maximum absolute atomic E-state index is 13.8. The molecule has 158 valence electrons. The van der Waals surface area contributed by atoms with E-state index in [1.807, 2.05) is 0 Å². The standard InChI is InChI=1S/C19H26F2N6O2/c20-15-5-6-16(21)14(7-15)10-24-18-25-11-17(27(28)29)19(23,26-18)8-12-1-3-13(9-22)4-2-12/h5-7,11-13H,1-4,8-10,22-23H2,(H2,24,25,26). The molecule has 3 rings (SSSR count). The van der Waals surface area contributed by atoms with Crippen molar-refractivity contribution in [1.82, 2.24) is 10.6 Å². The Kier molecular flexibility index (Phi) is 6.43. The van der Waals surface area contributed by atoms with Gasteiger partial charge in [-0.15, -0.1) is 0 Å². The van der Waals surface area contributed by atoms with Crippen LogP contribution in [0.3, 0.4) is 0 Å². The molecule has 0 saturated heterocycles. The van der Waals surface area contributed by atoms with Crippen LogP contribution in [0, 0.1) is 33.6 Å². The molecule has 0 radical (unpaired) electrons. The van der Waals surface area contributed by atoms with Crippen molar-refractivity contribution in [3.05, 3.63) is 57.4 Å². The van der Waals surface area contributed by atoms with Crippen LogP contribution in [0.5, 0.6) is 0 Å². The molecular formula is C19H26F2N6O2. The molecule has 1 atom stereocenters. The number of aliphatic imine (C=N–C) groups is 1. The fourth-order valence-electron chi connectivity index (χ4n) is 3.99. The van der Waals surface area contributed by atoms with E-state index < -0.39 is 22.2 Å². The monoisotopic (exact) mass is 408 g/mol. The van der Waals surface area contributed by atoms with E-state index in [-0.39, 0.29) is 29.7 Å². The Balaban J connectivity index is 1.74. The largest absolute Gasteiger partial charge is 0.330 e. The molecule has 1 heterocycles. The Morgan fingerprint density at radius 1 is 1.24 bits per heavy atom. The molecule has 0 spiro atoms. The van der Waals surface area contributed by atoms with Gasteiger partial charge < -0.3 is 16.4 Å². The van der Waals surface area contributed by atoms with Crippen LogP contribution >= 0.6 is 0 Å². The van der Waals surface area contributed by atoms with Gasteiger partial charge in [-0.05, 0) is 68.7 Å². The lowest BCUT2D eigenvalue weighted by Crippen LogP contribution is -2.64. The van der Waals surface area contributed by atoms with Gasteiger partial charge in [0.15, 0.2) is 11.6 Å². The summed E-state index contributed by atoms with van der Waals surface area (Å²) in [6.07, 6.45) is 5.35. The average Bonchev–Trinajstić information content (AvgIpc) is 2.68. The predicted molar refractivity (Wildman–Crippen MR) is 105 cm³/mol. The molecular weight excluding hydrogens is 382 g/mol. The molecule has 6 N–H and O–H groups in total. The second-order valence-corrected chi connectivity index (χ2v) is 7.75. The quantitative estimate of drug-likeness (QED) is 0.420. The highest BCUT2D eigenvalue weighted by Crippen LogP contribution is 2.34. The summed E-state index contributed by atoms with van der Waals surface area (Å²) in [5, 5.41) is 17.1. The first-order chi connectivity index (χ1) is 13.8. The third-order valence-electron chi connectivity index (χ3n) is 5.67. The van der Waals surface area contributed by atoms with Gasteiger partial charge in [0.2, 0.25) is 0 Å². The number of halogens is 2. The molecule has 1 aliphatic heterocycles. The van der Waals surface area contributed by atoms with Gasteiger partial charge in [-0.25, -0.2) is 13.8 Å². The summed E-state index contributed by atoms with van der Waals surface area (Å²) < 4.78 is 27.1. The maximum Gasteiger partial charge on any atom is 0.301 e. The Labute approximate surface area is 167 Å². The van der Waals surface area contributed by atoms with Gasteiger partial charge in [-0.2, -0.15) is 0 Å². The van der Waals surface area contributed by atoms with Crippen molar-refractivity contribution < 1.29 is 13.7 Å². The second-order valence-electron chi connectivity index (χ2n) is 7.75. The Bertz CT molecular complexity index is 823. The normalized spacial score (nSPS) is 28.4. The molecule has 1 aromatic rings. The third-order valence-corrected chi connectivity index (χ3v) is 5.67. The number of benzene rings is 1. The minimum Gasteiger partial charge on any atom is -0.330 e. The lowest BCUT2D eigenvalue weighted by atomic mass is 9.77. The number of hydrogen-bond acceptors (Lipinski definition) is 5. The van der Waals surface area contributed by atoms with E-state index in [1.54, 1.807) is 0 Å². The summed E-state index contributed by atoms with van der Waals surface area (Å²) >= 11 is 0. The van der Waals surface area contributed by atoms with Crippen LogP contribution in [0.2, 0.25) is 0 Å². The molecule has 8 nitrogen and oxygen atoms in total. The lowest BCUT2D eigenvalue weighted by molar-refractivity contribution is -0.437. The molecule has 1 fully saturated rings. The fourth-order valence-corrected chi connectivity index (χ4v) is 3.99. The SMILES string of the molecule is NCC1CCC(CC2(N)NC(=NCc3cc(F)ccc3F)NC=C2[N+](=O)[O-])CC1. The summed E-state index contributed by atoms with van der Waals surface area (Å²) in [4.78, 5) is 15.2. The molecule has 1 saturated carbocycles. The van der Waals surface area contributed by atoms with Gasteiger partial charge in [-0.1, -0.05) is 0 Å². The molecule has 2 aliphatic rings. The van der Waals surface area contributed by atoms with E-state index in [1.165, 1.54) is 6.20 Å². The van der Waals surface area contributed by atoms with Crippen molar-refractivity contribution in [3.8, 4) is 0 Å². The van der Waals surface area contributed by atoms with Crippen LogP contribution < -0.4 is 22.1 Å². The summed E-state index contributed by atoms with van der Waals surface area (Å²) in [5.74, 6) is -0.257. The summed E-state index contributed by atoms with van der Waals surface area (Å²) in [5.41, 5.74) is 10.6. The third kappa shape index (κ3) is 5.07. The van der Waals surface area contributed by atoms with E-state index in [4.69, 9.17) is 11.5 Å². The van der Waals surface area contributed by atoms with E-state index >= 15 is 0 Å². The van der Waals surface area contributed by atoms with Gasteiger partial charge in [-0.3, -0.25) is 15.8 Å². The molecule has 0 aromatic heterocycles. The lowest BCUT2D eigenvalue weighted by Gasteiger charge is -2.37. The second kappa shape index (κ2) is 8.83. The van der Waals surface area contributed by atoms with Crippen LogP contribution in [0.25, 0.3) is 0 Å². The van der Waals surface area contributed by atoms with Crippen LogP contribution in [0.1, 0.15) is 37.7 Å². The van der Waals surface area contributed by atoms with Crippen LogP contribution in [0.15, 0.2) is 35.1 Å². The van der Waals surface area contributed by atoms with E-state index in [0.717, 1.165) is 43.9 Å². The Hall–Kier alpha value is -2.59. The van der Waals surface area contributed by atoms with Gasteiger partial charge in [0.05, 0.1) is 17.7 Å². The minimum absolute atomic E-state index is 0.0767. The average molecular weight is 408 g/mol. The topological polar surface area (TPSA) is 132 Å². The number of nitrogens with one attached hydrogen (secondary N) is 2. The highest BCUT2D eigenvalue weighted by atomic mass is 19.1. The zero-order valence-corrected chi connectivity index (χ0v) is 16.0. The molecule has 29 heavy (non-hydrogen) atoms. The number of nitrogens with two attached hydrogens (primary N) is 2. The van der Waals surface area contributed by atoms with Gasteiger partial charge in [0.1, 0.15) is 11.6 Å². The summed E-state index contributed by atoms with van der Waals surface area (Å²) in [6, 6.07) is 3.12. The van der Waals surface area contributed by atoms with Crippen molar-refractivity contribution in [1.29, 1.82) is 0 Å². The molecule has 0 amide bonds. The van der Waals surface area contributed by atoms with Crippen molar-refractivity contribution in [2.45, 2.75) is 44.3 Å². The van der Waals surface area contributed by atoms with Crippen LogP contribution in [0.4, 0.5) is 8.78 Å². The Morgan fingerprint density at radius 2 is 1.93 bits per heavy atom. The summed E-state index contributed by atoms with van der Waals surface area (Å²) in [6.45, 7) is 0.508. The smallest absolute Gasteiger partial charge is 0.301 e. The zero-order valence-electron chi connectivity index (χ0n) is 16.0. The van der Waals surface area contributed by atoms with Gasteiger partial charge in [0.25, 0.3) is 0 Å². The van der Waals surface area contributed by atoms with Crippen LogP contribution in [-0.4, -0.2) is 23.1 Å². The molecule has 1 aromatic carbocycles. The van der Waals surface area contributed by atoms with E-state index in [9.17, 15) is 18.9 Å². The number of hydrogen-bond donors (Lipinski definition) is 4. The molecule has 0 bridgehead atoms. The molecule has 1 unspecified atom stereocenters. The van der Waals surface area contributed by atoms with Gasteiger partial charge in [0, 0.05) is 5.56 Å². The van der Waals surface area contributed by atoms with E-state index in [2.05, 4.69) is 15.6 Å². The number of nitro groups is 1. The maximum atomic E-state index is 13.8. The zero-order chi connectivity index (χ0) is 21.0. The molecule has 10 heteroatoms. The summed E-state index contributed by atoms with van der Waals surface area (Å²) in [7, 11) is 0. The predicted octanol–water partition coefficient (Wildman–Crippen LogP) is 1.94. The van der Waals surface area contributed by atoms with Gasteiger partial charge >= 0.3 is 5.70 Å². The first kappa shape index (κ1) is 21.1. The number of guanidine groups is 1. The Morgan fingerprint density at radius 3 is 2.59 bits per heavy atom. The van der Waals surface area contributed by atoms with E-state index in [0.29, 0.717) is 18.9 Å². The minimum atomic E-state index is -1.41. The number of nitrogens with zero attached hydrogens (tertiary/aromatic N) is 2. The fraction of sp³-hybridized carbons (Fsp3) is 0.526.